The number of rotatable bonds is 3. The van der Waals surface area contributed by atoms with E-state index < -0.39 is 0 Å². The van der Waals surface area contributed by atoms with Crippen LogP contribution in [0, 0.1) is 23.2 Å². The van der Waals surface area contributed by atoms with E-state index in [4.69, 9.17) is 0 Å². The van der Waals surface area contributed by atoms with Crippen LogP contribution in [0.4, 0.5) is 0 Å². The van der Waals surface area contributed by atoms with Gasteiger partial charge >= 0.3 is 0 Å². The molecule has 136 valence electrons. The summed E-state index contributed by atoms with van der Waals surface area (Å²) < 4.78 is 0. The van der Waals surface area contributed by atoms with E-state index in [-0.39, 0.29) is 12.4 Å². The van der Waals surface area contributed by atoms with Gasteiger partial charge in [-0.05, 0) is 68.4 Å². The molecule has 2 rings (SSSR count). The third-order valence-corrected chi connectivity index (χ3v) is 5.94. The summed E-state index contributed by atoms with van der Waals surface area (Å²) in [4.78, 5) is 14.8. The average molecular weight is 345 g/mol. The summed E-state index contributed by atoms with van der Waals surface area (Å²) in [7, 11) is 0. The molecular weight excluding hydrogens is 308 g/mol. The molecule has 3 atom stereocenters. The molecular formula is C19H37ClN2O. The molecule has 23 heavy (non-hydrogen) atoms. The number of likely N-dealkylation sites (tertiary alicyclic amines) is 1. The van der Waals surface area contributed by atoms with Crippen LogP contribution in [0.15, 0.2) is 0 Å². The van der Waals surface area contributed by atoms with Crippen molar-refractivity contribution in [1.29, 1.82) is 0 Å². The highest BCUT2D eigenvalue weighted by Gasteiger charge is 2.29. The molecule has 2 aliphatic rings. The molecule has 3 nitrogen and oxygen atoms in total. The number of hydrogen-bond donors (Lipinski definition) is 1. The molecule has 0 bridgehead atoms. The first-order valence-electron chi connectivity index (χ1n) is 9.36. The molecule has 2 heterocycles. The second-order valence-electron chi connectivity index (χ2n) is 8.66. The zero-order chi connectivity index (χ0) is 16.2. The smallest absolute Gasteiger partial charge is 0.222 e. The molecule has 0 aromatic heterocycles. The second kappa shape index (κ2) is 9.27. The van der Waals surface area contributed by atoms with Crippen molar-refractivity contribution in [2.45, 2.75) is 66.2 Å². The number of amides is 1. The van der Waals surface area contributed by atoms with Crippen LogP contribution < -0.4 is 5.32 Å². The quantitative estimate of drug-likeness (QED) is 0.835. The summed E-state index contributed by atoms with van der Waals surface area (Å²) in [6.45, 7) is 13.5. The predicted molar refractivity (Wildman–Crippen MR) is 100.0 cm³/mol. The topological polar surface area (TPSA) is 32.3 Å². The molecule has 2 fully saturated rings. The van der Waals surface area contributed by atoms with Gasteiger partial charge in [0.1, 0.15) is 0 Å². The van der Waals surface area contributed by atoms with Crippen molar-refractivity contribution >= 4 is 18.3 Å². The zero-order valence-corrected chi connectivity index (χ0v) is 16.4. The van der Waals surface area contributed by atoms with Crippen LogP contribution in [0.2, 0.25) is 0 Å². The van der Waals surface area contributed by atoms with Crippen molar-refractivity contribution in [1.82, 2.24) is 10.2 Å². The van der Waals surface area contributed by atoms with Gasteiger partial charge in [0.15, 0.2) is 0 Å². The maximum absolute atomic E-state index is 12.7. The monoisotopic (exact) mass is 344 g/mol. The van der Waals surface area contributed by atoms with E-state index in [1.165, 1.54) is 32.1 Å². The van der Waals surface area contributed by atoms with Gasteiger partial charge in [-0.15, -0.1) is 12.4 Å². The third-order valence-electron chi connectivity index (χ3n) is 5.94. The van der Waals surface area contributed by atoms with Crippen LogP contribution in [0.3, 0.4) is 0 Å². The van der Waals surface area contributed by atoms with Crippen molar-refractivity contribution in [3.8, 4) is 0 Å². The molecule has 0 radical (unpaired) electrons. The number of hydrogen-bond acceptors (Lipinski definition) is 2. The average Bonchev–Trinajstić information content (AvgIpc) is 2.73. The Morgan fingerprint density at radius 2 is 1.91 bits per heavy atom. The van der Waals surface area contributed by atoms with Crippen LogP contribution in [-0.2, 0) is 4.79 Å². The third kappa shape index (κ3) is 6.26. The van der Waals surface area contributed by atoms with Gasteiger partial charge in [0.25, 0.3) is 0 Å². The molecule has 0 aromatic rings. The van der Waals surface area contributed by atoms with Gasteiger partial charge in [-0.25, -0.2) is 0 Å². The SMILES string of the molecule is CC(CC(=O)N1CCCC(C(C)(C)C)CC1)C1CCCNC1.Cl. The number of carbonyl (C=O) groups excluding carboxylic acids is 1. The lowest BCUT2D eigenvalue weighted by atomic mass is 9.77. The Hall–Kier alpha value is -0.280. The summed E-state index contributed by atoms with van der Waals surface area (Å²) in [6.07, 6.45) is 6.91. The predicted octanol–water partition coefficient (Wildman–Crippen LogP) is 4.11. The lowest BCUT2D eigenvalue weighted by Gasteiger charge is -2.31. The van der Waals surface area contributed by atoms with Gasteiger partial charge in [0.2, 0.25) is 5.91 Å². The van der Waals surface area contributed by atoms with Crippen molar-refractivity contribution < 1.29 is 4.79 Å². The van der Waals surface area contributed by atoms with E-state index in [2.05, 4.69) is 37.9 Å². The van der Waals surface area contributed by atoms with Crippen LogP contribution in [0.5, 0.6) is 0 Å². The summed E-state index contributed by atoms with van der Waals surface area (Å²) in [6, 6.07) is 0. The number of nitrogens with zero attached hydrogens (tertiary/aromatic N) is 1. The molecule has 2 aliphatic heterocycles. The first kappa shape index (κ1) is 20.8. The van der Waals surface area contributed by atoms with Gasteiger partial charge in [-0.3, -0.25) is 4.79 Å². The Kier molecular flexibility index (Phi) is 8.37. The Labute approximate surface area is 149 Å². The summed E-state index contributed by atoms with van der Waals surface area (Å²) in [5, 5.41) is 3.48. The van der Waals surface area contributed by atoms with Crippen LogP contribution in [-0.4, -0.2) is 37.0 Å². The lowest BCUT2D eigenvalue weighted by molar-refractivity contribution is -0.132. The Morgan fingerprint density at radius 3 is 2.52 bits per heavy atom. The first-order chi connectivity index (χ1) is 10.4. The van der Waals surface area contributed by atoms with E-state index in [1.54, 1.807) is 0 Å². The van der Waals surface area contributed by atoms with Crippen LogP contribution >= 0.6 is 12.4 Å². The number of piperidine rings is 1. The summed E-state index contributed by atoms with van der Waals surface area (Å²) >= 11 is 0. The minimum atomic E-state index is 0. The molecule has 0 aliphatic carbocycles. The van der Waals surface area contributed by atoms with E-state index in [0.29, 0.717) is 23.2 Å². The molecule has 3 unspecified atom stereocenters. The normalized spacial score (nSPS) is 27.7. The second-order valence-corrected chi connectivity index (χ2v) is 8.66. The minimum absolute atomic E-state index is 0. The Bertz CT molecular complexity index is 361. The molecule has 2 saturated heterocycles. The Balaban J connectivity index is 0.00000264. The highest BCUT2D eigenvalue weighted by molar-refractivity contribution is 5.85. The van der Waals surface area contributed by atoms with Crippen molar-refractivity contribution in [2.24, 2.45) is 23.2 Å². The van der Waals surface area contributed by atoms with E-state index in [0.717, 1.165) is 38.5 Å². The van der Waals surface area contributed by atoms with Gasteiger partial charge in [0.05, 0.1) is 0 Å². The Morgan fingerprint density at radius 1 is 1.17 bits per heavy atom. The fourth-order valence-corrected chi connectivity index (χ4v) is 4.15. The van der Waals surface area contributed by atoms with Crippen molar-refractivity contribution in [3.05, 3.63) is 0 Å². The van der Waals surface area contributed by atoms with E-state index in [9.17, 15) is 4.79 Å². The molecule has 0 saturated carbocycles. The number of carbonyl (C=O) groups is 1. The highest BCUT2D eigenvalue weighted by atomic mass is 35.5. The van der Waals surface area contributed by atoms with Gasteiger partial charge in [-0.2, -0.15) is 0 Å². The molecule has 0 spiro atoms. The standard InChI is InChI=1S/C19H36N2O.ClH/c1-15(16-7-5-10-20-14-16)13-18(22)21-11-6-8-17(9-12-21)19(2,3)4;/h15-17,20H,5-14H2,1-4H3;1H. The zero-order valence-electron chi connectivity index (χ0n) is 15.6. The fourth-order valence-electron chi connectivity index (χ4n) is 4.15. The van der Waals surface area contributed by atoms with Crippen LogP contribution in [0.1, 0.15) is 66.2 Å². The fraction of sp³-hybridized carbons (Fsp3) is 0.947. The first-order valence-corrected chi connectivity index (χ1v) is 9.36. The lowest BCUT2D eigenvalue weighted by Crippen LogP contribution is -2.37. The molecule has 4 heteroatoms. The van der Waals surface area contributed by atoms with Gasteiger partial charge < -0.3 is 10.2 Å². The van der Waals surface area contributed by atoms with Gasteiger partial charge in [0, 0.05) is 19.5 Å². The minimum Gasteiger partial charge on any atom is -0.343 e. The van der Waals surface area contributed by atoms with Crippen molar-refractivity contribution in [3.63, 3.8) is 0 Å². The number of nitrogens with one attached hydrogen (secondary N) is 1. The summed E-state index contributed by atoms with van der Waals surface area (Å²) in [5.74, 6) is 2.35. The van der Waals surface area contributed by atoms with E-state index in [1.807, 2.05) is 0 Å². The molecule has 1 amide bonds. The largest absolute Gasteiger partial charge is 0.343 e. The van der Waals surface area contributed by atoms with Crippen molar-refractivity contribution in [2.75, 3.05) is 26.2 Å². The molecule has 0 aromatic carbocycles. The highest BCUT2D eigenvalue weighted by Crippen LogP contribution is 2.34. The number of halogens is 1. The molecule has 1 N–H and O–H groups in total. The van der Waals surface area contributed by atoms with Crippen LogP contribution in [0.25, 0.3) is 0 Å². The maximum atomic E-state index is 12.7. The maximum Gasteiger partial charge on any atom is 0.222 e. The van der Waals surface area contributed by atoms with Gasteiger partial charge in [-0.1, -0.05) is 27.7 Å². The van der Waals surface area contributed by atoms with E-state index >= 15 is 0 Å². The summed E-state index contributed by atoms with van der Waals surface area (Å²) in [5.41, 5.74) is 0.375.